The summed E-state index contributed by atoms with van der Waals surface area (Å²) in [5.41, 5.74) is 2.43. The Bertz CT molecular complexity index is 448. The fourth-order valence-corrected chi connectivity index (χ4v) is 3.05. The molecule has 1 atom stereocenters. The van der Waals surface area contributed by atoms with Gasteiger partial charge in [-0.2, -0.15) is 0 Å². The van der Waals surface area contributed by atoms with E-state index in [0.717, 1.165) is 35.8 Å². The van der Waals surface area contributed by atoms with Gasteiger partial charge < -0.3 is 14.8 Å². The lowest BCUT2D eigenvalue weighted by molar-refractivity contribution is 0.167. The van der Waals surface area contributed by atoms with E-state index in [0.29, 0.717) is 19.3 Å². The topological polar surface area (TPSA) is 30.5 Å². The minimum absolute atomic E-state index is 0.327. The van der Waals surface area contributed by atoms with E-state index in [1.807, 2.05) is 13.1 Å². The Kier molecular flexibility index (Phi) is 2.89. The van der Waals surface area contributed by atoms with Gasteiger partial charge in [0, 0.05) is 22.7 Å². The second-order valence-corrected chi connectivity index (χ2v) is 4.92. The minimum atomic E-state index is 0.327. The van der Waals surface area contributed by atoms with E-state index in [4.69, 9.17) is 21.1 Å². The van der Waals surface area contributed by atoms with Gasteiger partial charge in [0.05, 0.1) is 0 Å². The number of nitrogens with one attached hydrogen (secondary N) is 1. The molecule has 0 fully saturated rings. The third kappa shape index (κ3) is 1.78. The van der Waals surface area contributed by atoms with Crippen molar-refractivity contribution in [3.8, 4) is 11.5 Å². The average molecular weight is 254 g/mol. The number of benzene rings is 1. The van der Waals surface area contributed by atoms with Gasteiger partial charge in [-0.1, -0.05) is 11.6 Å². The highest BCUT2D eigenvalue weighted by Crippen LogP contribution is 2.46. The van der Waals surface area contributed by atoms with E-state index in [-0.39, 0.29) is 0 Å². The van der Waals surface area contributed by atoms with Crippen LogP contribution in [0.3, 0.4) is 0 Å². The largest absolute Gasteiger partial charge is 0.486 e. The maximum atomic E-state index is 6.34. The monoisotopic (exact) mass is 253 g/mol. The summed E-state index contributed by atoms with van der Waals surface area (Å²) in [6, 6.07) is 2.22. The molecule has 4 heteroatoms. The van der Waals surface area contributed by atoms with Crippen LogP contribution in [0.15, 0.2) is 6.07 Å². The summed E-state index contributed by atoms with van der Waals surface area (Å²) >= 11 is 6.34. The molecule has 92 valence electrons. The number of hydrogen-bond donors (Lipinski definition) is 1. The van der Waals surface area contributed by atoms with Crippen LogP contribution < -0.4 is 14.8 Å². The van der Waals surface area contributed by atoms with Crippen molar-refractivity contribution in [2.24, 2.45) is 0 Å². The van der Waals surface area contributed by atoms with E-state index < -0.39 is 0 Å². The highest BCUT2D eigenvalue weighted by molar-refractivity contribution is 6.31. The summed E-state index contributed by atoms with van der Waals surface area (Å²) in [5, 5.41) is 4.15. The molecule has 0 bridgehead atoms. The molecule has 0 aromatic heterocycles. The first-order valence-corrected chi connectivity index (χ1v) is 6.47. The van der Waals surface area contributed by atoms with Crippen molar-refractivity contribution in [1.82, 2.24) is 5.32 Å². The predicted octanol–water partition coefficient (Wildman–Crippen LogP) is 2.71. The normalized spacial score (nSPS) is 22.1. The molecule has 3 rings (SSSR count). The summed E-state index contributed by atoms with van der Waals surface area (Å²) in [7, 11) is 1.98. The first kappa shape index (κ1) is 11.2. The van der Waals surface area contributed by atoms with Crippen molar-refractivity contribution < 1.29 is 9.47 Å². The second-order valence-electron chi connectivity index (χ2n) is 4.51. The summed E-state index contributed by atoms with van der Waals surface area (Å²) in [6.07, 6.45) is 3.32. The molecule has 1 aromatic carbocycles. The Balaban J connectivity index is 2.19. The Morgan fingerprint density at radius 1 is 1.35 bits per heavy atom. The Morgan fingerprint density at radius 2 is 2.18 bits per heavy atom. The summed E-state index contributed by atoms with van der Waals surface area (Å²) in [4.78, 5) is 0. The molecule has 0 radical (unpaired) electrons. The predicted molar refractivity (Wildman–Crippen MR) is 67.2 cm³/mol. The van der Waals surface area contributed by atoms with Crippen molar-refractivity contribution in [3.05, 3.63) is 22.2 Å². The fourth-order valence-electron chi connectivity index (χ4n) is 2.76. The van der Waals surface area contributed by atoms with Crippen molar-refractivity contribution in [2.75, 3.05) is 20.3 Å². The van der Waals surface area contributed by atoms with Crippen LogP contribution in [0, 0.1) is 0 Å². The van der Waals surface area contributed by atoms with Gasteiger partial charge in [0.15, 0.2) is 11.5 Å². The summed E-state index contributed by atoms with van der Waals surface area (Å²) < 4.78 is 11.4. The smallest absolute Gasteiger partial charge is 0.166 e. The van der Waals surface area contributed by atoms with Gasteiger partial charge in [-0.25, -0.2) is 0 Å². The molecular formula is C13H16ClNO2. The van der Waals surface area contributed by atoms with Crippen molar-refractivity contribution in [1.29, 1.82) is 0 Å². The molecule has 17 heavy (non-hydrogen) atoms. The van der Waals surface area contributed by atoms with E-state index in [1.165, 1.54) is 11.1 Å². The van der Waals surface area contributed by atoms with E-state index >= 15 is 0 Å². The average Bonchev–Trinajstić information content (AvgIpc) is 2.38. The van der Waals surface area contributed by atoms with Gasteiger partial charge in [-0.05, 0) is 31.9 Å². The molecule has 1 aromatic rings. The van der Waals surface area contributed by atoms with Crippen LogP contribution >= 0.6 is 11.6 Å². The van der Waals surface area contributed by atoms with Crippen LogP contribution in [0.4, 0.5) is 0 Å². The number of halogens is 1. The van der Waals surface area contributed by atoms with Crippen molar-refractivity contribution in [2.45, 2.75) is 25.3 Å². The Hall–Kier alpha value is -0.930. The Morgan fingerprint density at radius 3 is 3.00 bits per heavy atom. The minimum Gasteiger partial charge on any atom is -0.486 e. The highest BCUT2D eigenvalue weighted by atomic mass is 35.5. The number of rotatable bonds is 1. The first-order valence-electron chi connectivity index (χ1n) is 6.09. The van der Waals surface area contributed by atoms with Crippen LogP contribution in [0.25, 0.3) is 0 Å². The zero-order valence-corrected chi connectivity index (χ0v) is 10.6. The molecule has 1 unspecified atom stereocenters. The number of hydrogen-bond acceptors (Lipinski definition) is 3. The molecule has 0 saturated heterocycles. The lowest BCUT2D eigenvalue weighted by Crippen LogP contribution is -2.25. The Labute approximate surface area is 106 Å². The van der Waals surface area contributed by atoms with E-state index in [2.05, 4.69) is 5.32 Å². The van der Waals surface area contributed by atoms with Gasteiger partial charge in [0.1, 0.15) is 13.2 Å². The number of fused-ring (bicyclic) bond motifs is 3. The SMILES string of the molecule is CNC1CCCc2c(Cl)cc3c(c21)OCCO3. The molecule has 1 N–H and O–H groups in total. The van der Waals surface area contributed by atoms with Gasteiger partial charge in [0.2, 0.25) is 0 Å². The molecule has 1 aliphatic heterocycles. The first-order chi connectivity index (χ1) is 8.31. The van der Waals surface area contributed by atoms with Crippen molar-refractivity contribution in [3.63, 3.8) is 0 Å². The maximum Gasteiger partial charge on any atom is 0.166 e. The van der Waals surface area contributed by atoms with Crippen LogP contribution in [0.2, 0.25) is 5.02 Å². The molecule has 3 nitrogen and oxygen atoms in total. The standard InChI is InChI=1S/C13H16ClNO2/c1-15-10-4-2-3-8-9(14)7-11-13(12(8)10)17-6-5-16-11/h7,10,15H,2-6H2,1H3. The van der Waals surface area contributed by atoms with Crippen LogP contribution in [-0.4, -0.2) is 20.3 Å². The third-order valence-electron chi connectivity index (χ3n) is 3.54. The van der Waals surface area contributed by atoms with Gasteiger partial charge >= 0.3 is 0 Å². The van der Waals surface area contributed by atoms with Crippen LogP contribution in [0.5, 0.6) is 11.5 Å². The quantitative estimate of drug-likeness (QED) is 0.835. The molecular weight excluding hydrogens is 238 g/mol. The molecule has 1 heterocycles. The summed E-state index contributed by atoms with van der Waals surface area (Å²) in [6.45, 7) is 1.23. The lowest BCUT2D eigenvalue weighted by atomic mass is 9.86. The van der Waals surface area contributed by atoms with E-state index in [9.17, 15) is 0 Å². The molecule has 0 amide bonds. The molecule has 0 saturated carbocycles. The van der Waals surface area contributed by atoms with Gasteiger partial charge in [-0.3, -0.25) is 0 Å². The van der Waals surface area contributed by atoms with Crippen LogP contribution in [0.1, 0.15) is 30.0 Å². The molecule has 0 spiro atoms. The zero-order chi connectivity index (χ0) is 11.8. The number of ether oxygens (including phenoxy) is 2. The van der Waals surface area contributed by atoms with Gasteiger partial charge in [0.25, 0.3) is 0 Å². The fraction of sp³-hybridized carbons (Fsp3) is 0.538. The van der Waals surface area contributed by atoms with Gasteiger partial charge in [-0.15, -0.1) is 0 Å². The molecule has 2 aliphatic rings. The lowest BCUT2D eigenvalue weighted by Gasteiger charge is -2.31. The second kappa shape index (κ2) is 4.39. The zero-order valence-electron chi connectivity index (χ0n) is 9.88. The van der Waals surface area contributed by atoms with Crippen molar-refractivity contribution >= 4 is 11.6 Å². The van der Waals surface area contributed by atoms with E-state index in [1.54, 1.807) is 0 Å². The van der Waals surface area contributed by atoms with Crippen LogP contribution in [-0.2, 0) is 6.42 Å². The third-order valence-corrected chi connectivity index (χ3v) is 3.88. The highest BCUT2D eigenvalue weighted by Gasteiger charge is 2.29. The maximum absolute atomic E-state index is 6.34. The summed E-state index contributed by atoms with van der Waals surface area (Å²) in [5.74, 6) is 1.69. The molecule has 1 aliphatic carbocycles.